The third-order valence-corrected chi connectivity index (χ3v) is 19.0. The van der Waals surface area contributed by atoms with Crippen molar-refractivity contribution in [3.05, 3.63) is 281 Å². The summed E-state index contributed by atoms with van der Waals surface area (Å²) >= 11 is 3.42. The summed E-state index contributed by atoms with van der Waals surface area (Å²) in [5.41, 5.74) is 13.4. The number of pyridine rings is 14. The first-order valence-electron chi connectivity index (χ1n) is 34.2. The van der Waals surface area contributed by atoms with Gasteiger partial charge < -0.3 is 63.8 Å². The number of amides is 1. The zero-order chi connectivity index (χ0) is 80.6. The van der Waals surface area contributed by atoms with Gasteiger partial charge in [-0.05, 0) is 138 Å². The highest BCUT2D eigenvalue weighted by Crippen LogP contribution is 2.34. The smallest absolute Gasteiger partial charge is 0.431 e. The molecule has 0 unspecified atom stereocenters. The molecular weight excluding hydrogens is 1520 g/mol. The number of aromatic nitrogens is 21. The number of fused-ring (bicyclic) bond motifs is 21. The normalized spacial score (nSPS) is 10.6. The number of rotatable bonds is 2. The van der Waals surface area contributed by atoms with Crippen LogP contribution in [0.3, 0.4) is 0 Å². The molecule has 33 heteroatoms. The van der Waals surface area contributed by atoms with Crippen molar-refractivity contribution in [3.63, 3.8) is 0 Å². The monoisotopic (exact) mass is 1580 g/mol. The van der Waals surface area contributed by atoms with Crippen molar-refractivity contribution in [1.82, 2.24) is 93.0 Å². The van der Waals surface area contributed by atoms with Crippen LogP contribution in [0, 0.1) is 45.0 Å². The van der Waals surface area contributed by atoms with Crippen LogP contribution in [-0.4, -0.2) is 111 Å². The van der Waals surface area contributed by atoms with Crippen molar-refractivity contribution in [2.24, 2.45) is 28.2 Å². The Balaban J connectivity index is 0.000000110. The largest absolute Gasteiger partial charge is 0.629 e. The lowest BCUT2D eigenvalue weighted by Gasteiger charge is -1.97. The summed E-state index contributed by atoms with van der Waals surface area (Å²) in [6.45, 7) is 36.8. The van der Waals surface area contributed by atoms with Crippen LogP contribution in [0.1, 0.15) is 5.69 Å². The number of nitrogens with zero attached hydrogens (tertiary/aromatic N) is 23. The first-order chi connectivity index (χ1) is 56.0. The highest BCUT2D eigenvalue weighted by atomic mass is 79.9. The van der Waals surface area contributed by atoms with Crippen molar-refractivity contribution in [2.75, 3.05) is 5.32 Å². The summed E-state index contributed by atoms with van der Waals surface area (Å²) in [5.74, 6) is 2.21. The number of H-pyrrole nitrogens is 3. The van der Waals surface area contributed by atoms with E-state index in [9.17, 15) is 15.2 Å². The van der Waals surface area contributed by atoms with Crippen LogP contribution in [-0.2, 0) is 42.6 Å². The van der Waals surface area contributed by atoms with Gasteiger partial charge in [-0.25, -0.2) is 39.5 Å². The lowest BCUT2D eigenvalue weighted by Crippen LogP contribution is -2.31. The molecule has 21 aromatic rings. The van der Waals surface area contributed by atoms with Crippen LogP contribution >= 0.6 is 15.9 Å². The van der Waals surface area contributed by atoms with E-state index in [0.717, 1.165) is 152 Å². The third kappa shape index (κ3) is 14.7. The molecule has 0 saturated carbocycles. The number of carbonyl (C=O) groups excluding carboxylic acids is 3. The van der Waals surface area contributed by atoms with Crippen molar-refractivity contribution in [2.45, 2.75) is 6.92 Å². The standard InChI is InChI=1S/C12H7BrN4.C12H9N4O2.2C12H8N4.C11H8N4O.C11H6N4.C11H9N3.CO2/c1-14-11-4-8-9-3-7(13)5-16-12(9)17(2)10(8)6-15-11;1-13-11-6-9-8-4-3-5-15(17)12(8)14(2)10(9)7-16(11)18;2*1-13-11-6-9-8-4-3-5-14-12(8)16(2)10(9)7-15-11;16-6-14-10-4-8-7-2-1-3-12-11(7)15-9(8)5-13-10;1-12-10-5-8-7-3-2-4-13-11(7)15-9(8)6-14-10;1-7-5-9-8-3-2-4-12-11(8)14-10(9)6-13-7;2-1-3/h3-6H,2H3;3-7,17H,2H3;2*3-7H,2H3;1-6H,(H,12,15)(H,13,14,16);2-6H,(H,13,15);2-6H,1H3,(H,12,14);/q;+1;;;;;;. The number of nitrogens with one attached hydrogen (secondary N) is 4. The number of hydrogen-bond acceptors (Lipinski definition) is 17. The Kier molecular flexibility index (Phi) is 21.2. The summed E-state index contributed by atoms with van der Waals surface area (Å²) in [6, 6.07) is 37.8. The molecule has 0 saturated heterocycles. The molecule has 0 atom stereocenters. The molecule has 0 fully saturated rings. The first kappa shape index (κ1) is 74.9. The Morgan fingerprint density at radius 3 is 1.32 bits per heavy atom. The number of aryl methyl sites for hydroxylation is 5. The molecule has 21 heterocycles. The maximum absolute atomic E-state index is 11.6. The van der Waals surface area contributed by atoms with E-state index in [0.29, 0.717) is 51.4 Å². The predicted molar refractivity (Wildman–Crippen MR) is 437 cm³/mol. The molecule has 115 heavy (non-hydrogen) atoms. The lowest BCUT2D eigenvalue weighted by atomic mass is 10.2. The summed E-state index contributed by atoms with van der Waals surface area (Å²) in [4.78, 5) is 103. The first-order valence-corrected chi connectivity index (χ1v) is 35.0. The molecule has 0 aromatic carbocycles. The molecule has 0 aliphatic carbocycles. The second-order valence-electron chi connectivity index (χ2n) is 25.1. The van der Waals surface area contributed by atoms with Crippen LogP contribution in [0.5, 0.6) is 0 Å². The van der Waals surface area contributed by atoms with Crippen molar-refractivity contribution < 1.29 is 29.1 Å². The SMILES string of the molecule is Cc1cc2c(cn1)[nH]c1ncccc12.O=C=O.O=CNc1cc2c(cn1)[nH]c1ncccc12.[C-]#[N+]c1cc2c(cn1)[nH]c1ncccc12.[C-]#[N+]c1cc2c3cc(Br)cnc3n(C)c2cn1.[C-]#[N+]c1cc2c3ccc[n+](O)c3n(C)c2c[n+]1[O-].[C-]#[N+]c1cc2c3cccnc3n(C)c2cn1.[C-]#[N+]c1cc2c3cccnc3n(C)c2cn1. The highest BCUT2D eigenvalue weighted by Gasteiger charge is 2.23. The highest BCUT2D eigenvalue weighted by molar-refractivity contribution is 9.10. The molecule has 5 N–H and O–H groups in total. The summed E-state index contributed by atoms with van der Waals surface area (Å²) < 4.78 is 10.2. The Hall–Kier alpha value is -16.9. The van der Waals surface area contributed by atoms with Gasteiger partial charge in [-0.3, -0.25) is 9.78 Å². The molecule has 32 nitrogen and oxygen atoms in total. The number of carbonyl (C=O) groups is 1. The van der Waals surface area contributed by atoms with Gasteiger partial charge in [0.25, 0.3) is 23.3 Å². The van der Waals surface area contributed by atoms with E-state index in [1.54, 1.807) is 98.0 Å². The molecule has 21 aromatic heterocycles. The van der Waals surface area contributed by atoms with Gasteiger partial charge in [0.05, 0.1) is 57.9 Å². The molecule has 1 amide bonds. The number of halogens is 1. The van der Waals surface area contributed by atoms with Gasteiger partial charge in [-0.1, -0.05) is 31.0 Å². The Labute approximate surface area is 656 Å². The van der Waals surface area contributed by atoms with Crippen LogP contribution in [0.25, 0.3) is 178 Å². The van der Waals surface area contributed by atoms with E-state index >= 15 is 0 Å². The summed E-state index contributed by atoms with van der Waals surface area (Å²) in [6.07, 6.45) is 24.7. The average molecular weight is 1580 g/mol. The Morgan fingerprint density at radius 2 is 0.843 bits per heavy atom. The number of aromatic amines is 3. The van der Waals surface area contributed by atoms with Gasteiger partial charge in [0, 0.05) is 145 Å². The van der Waals surface area contributed by atoms with Gasteiger partial charge in [0.1, 0.15) is 77.3 Å². The maximum atomic E-state index is 11.6. The Morgan fingerprint density at radius 1 is 0.443 bits per heavy atom. The molecule has 0 aliphatic rings. The summed E-state index contributed by atoms with van der Waals surface area (Å²) in [7, 11) is 7.62. The molecule has 0 bridgehead atoms. The van der Waals surface area contributed by atoms with Gasteiger partial charge in [-0.15, -0.1) is 19.9 Å². The topological polar surface area (TPSA) is 358 Å². The average Bonchev–Trinajstić information content (AvgIpc) is 1.53. The third-order valence-electron chi connectivity index (χ3n) is 18.5. The molecule has 0 aliphatic heterocycles. The van der Waals surface area contributed by atoms with Crippen molar-refractivity contribution >= 4 is 217 Å². The maximum Gasteiger partial charge on any atom is 0.431 e. The number of anilines is 1. The van der Waals surface area contributed by atoms with Crippen LogP contribution in [0.4, 0.5) is 34.9 Å². The minimum Gasteiger partial charge on any atom is -0.629 e. The second-order valence-corrected chi connectivity index (χ2v) is 26.0. The van der Waals surface area contributed by atoms with Gasteiger partial charge in [0.15, 0.2) is 5.52 Å². The molecule has 554 valence electrons. The zero-order valence-corrected chi connectivity index (χ0v) is 62.5. The lowest BCUT2D eigenvalue weighted by molar-refractivity contribution is -0.886. The molecule has 21 rings (SSSR count). The fraction of sp³-hybridized carbons (Fsp3) is 0.0610. The Bertz CT molecular complexity index is 7560. The van der Waals surface area contributed by atoms with E-state index in [-0.39, 0.29) is 12.0 Å². The van der Waals surface area contributed by atoms with Gasteiger partial charge in [0.2, 0.25) is 12.6 Å². The second kappa shape index (κ2) is 32.5. The molecule has 0 radical (unpaired) electrons. The fourth-order valence-corrected chi connectivity index (χ4v) is 13.7. The minimum absolute atomic E-state index is 0.0170. The van der Waals surface area contributed by atoms with Gasteiger partial charge >= 0.3 is 17.6 Å². The molecule has 0 spiro atoms. The zero-order valence-electron chi connectivity index (χ0n) is 61.0. The van der Waals surface area contributed by atoms with E-state index in [1.807, 2.05) is 133 Å². The molecular formula is C82H55BrN27O5+. The minimum atomic E-state index is 0.0170. The van der Waals surface area contributed by atoms with Crippen LogP contribution < -0.4 is 14.8 Å². The van der Waals surface area contributed by atoms with E-state index in [4.69, 9.17) is 42.4 Å². The van der Waals surface area contributed by atoms with Gasteiger partial charge in [-0.2, -0.15) is 19.2 Å². The van der Waals surface area contributed by atoms with Crippen LogP contribution in [0.15, 0.2) is 213 Å². The van der Waals surface area contributed by atoms with E-state index in [2.05, 4.69) is 132 Å². The quantitative estimate of drug-likeness (QED) is 0.0353. The van der Waals surface area contributed by atoms with Crippen molar-refractivity contribution in [3.8, 4) is 0 Å². The fourth-order valence-electron chi connectivity index (χ4n) is 13.3. The summed E-state index contributed by atoms with van der Waals surface area (Å²) in [5, 5.41) is 38.1. The number of hydrogen-bond donors (Lipinski definition) is 5. The van der Waals surface area contributed by atoms with E-state index < -0.39 is 0 Å². The van der Waals surface area contributed by atoms with Crippen molar-refractivity contribution in [1.29, 1.82) is 0 Å². The van der Waals surface area contributed by atoms with E-state index in [1.165, 1.54) is 23.8 Å². The van der Waals surface area contributed by atoms with Crippen LogP contribution in [0.2, 0.25) is 0 Å². The predicted octanol–water partition coefficient (Wildman–Crippen LogP) is 16.0.